The Morgan fingerprint density at radius 1 is 1.18 bits per heavy atom. The smallest absolute Gasteiger partial charge is 0.321 e. The Kier molecular flexibility index (Phi) is 2.73. The zero-order valence-electron chi connectivity index (χ0n) is 9.83. The Labute approximate surface area is 101 Å². The lowest BCUT2D eigenvalue weighted by Gasteiger charge is -2.29. The number of fused-ring (bicyclic) bond motifs is 1. The minimum absolute atomic E-state index is 0.0325. The summed E-state index contributed by atoms with van der Waals surface area (Å²) in [6.45, 7) is 3.59. The average molecular weight is 231 g/mol. The molecule has 0 aromatic heterocycles. The van der Waals surface area contributed by atoms with Gasteiger partial charge in [0.2, 0.25) is 0 Å². The highest BCUT2D eigenvalue weighted by molar-refractivity contribution is 5.92. The normalized spacial score (nSPS) is 19.8. The number of carbonyl (C=O) groups is 1. The van der Waals surface area contributed by atoms with Crippen molar-refractivity contribution in [2.75, 3.05) is 24.5 Å². The standard InChI is InChI=1S/C13H17N3O/c17-13-15-5-1-7-16(13)12-3-2-11-9-14-6-4-10(11)8-12/h2-3,8,14H,1,4-7,9H2,(H,15,17). The highest BCUT2D eigenvalue weighted by atomic mass is 16.2. The molecular weight excluding hydrogens is 214 g/mol. The maximum Gasteiger partial charge on any atom is 0.321 e. The minimum Gasteiger partial charge on any atom is -0.338 e. The van der Waals surface area contributed by atoms with E-state index in [-0.39, 0.29) is 6.03 Å². The highest BCUT2D eigenvalue weighted by Crippen LogP contribution is 2.23. The fourth-order valence-corrected chi connectivity index (χ4v) is 2.51. The summed E-state index contributed by atoms with van der Waals surface area (Å²) >= 11 is 0. The first-order valence-corrected chi connectivity index (χ1v) is 6.22. The molecule has 4 heteroatoms. The molecule has 1 aromatic carbocycles. The monoisotopic (exact) mass is 231 g/mol. The van der Waals surface area contributed by atoms with Crippen LogP contribution in [0.4, 0.5) is 10.5 Å². The van der Waals surface area contributed by atoms with Crippen molar-refractivity contribution in [3.05, 3.63) is 29.3 Å². The van der Waals surface area contributed by atoms with Crippen LogP contribution in [0.25, 0.3) is 0 Å². The van der Waals surface area contributed by atoms with Gasteiger partial charge in [-0.2, -0.15) is 0 Å². The summed E-state index contributed by atoms with van der Waals surface area (Å²) in [5.41, 5.74) is 3.76. The second kappa shape index (κ2) is 4.37. The van der Waals surface area contributed by atoms with Crippen LogP contribution >= 0.6 is 0 Å². The molecule has 0 bridgehead atoms. The molecule has 2 N–H and O–H groups in total. The van der Waals surface area contributed by atoms with Gasteiger partial charge in [0.1, 0.15) is 0 Å². The summed E-state index contributed by atoms with van der Waals surface area (Å²) in [7, 11) is 0. The van der Waals surface area contributed by atoms with Gasteiger partial charge in [0.05, 0.1) is 0 Å². The quantitative estimate of drug-likeness (QED) is 0.764. The van der Waals surface area contributed by atoms with Crippen LogP contribution in [0.15, 0.2) is 18.2 Å². The molecule has 0 saturated carbocycles. The molecule has 2 amide bonds. The summed E-state index contributed by atoms with van der Waals surface area (Å²) < 4.78 is 0. The first-order chi connectivity index (χ1) is 8.34. The lowest BCUT2D eigenvalue weighted by molar-refractivity contribution is 0.243. The van der Waals surface area contributed by atoms with Crippen LogP contribution in [0.2, 0.25) is 0 Å². The van der Waals surface area contributed by atoms with Gasteiger partial charge in [-0.25, -0.2) is 4.79 Å². The number of nitrogens with one attached hydrogen (secondary N) is 2. The third kappa shape index (κ3) is 2.00. The summed E-state index contributed by atoms with van der Waals surface area (Å²) in [4.78, 5) is 13.6. The zero-order chi connectivity index (χ0) is 11.7. The van der Waals surface area contributed by atoms with E-state index in [4.69, 9.17) is 0 Å². The molecule has 0 unspecified atom stereocenters. The van der Waals surface area contributed by atoms with Gasteiger partial charge in [-0.3, -0.25) is 4.90 Å². The van der Waals surface area contributed by atoms with E-state index in [1.54, 1.807) is 0 Å². The molecule has 17 heavy (non-hydrogen) atoms. The van der Waals surface area contributed by atoms with Crippen molar-refractivity contribution < 1.29 is 4.79 Å². The summed E-state index contributed by atoms with van der Waals surface area (Å²) in [5, 5.41) is 6.24. The number of anilines is 1. The number of hydrogen-bond donors (Lipinski definition) is 2. The molecule has 3 rings (SSSR count). The van der Waals surface area contributed by atoms with Crippen LogP contribution in [0.1, 0.15) is 17.5 Å². The highest BCUT2D eigenvalue weighted by Gasteiger charge is 2.20. The Bertz CT molecular complexity index is 444. The van der Waals surface area contributed by atoms with Crippen molar-refractivity contribution in [2.45, 2.75) is 19.4 Å². The molecule has 2 aliphatic rings. The van der Waals surface area contributed by atoms with Gasteiger partial charge in [0.15, 0.2) is 0 Å². The van der Waals surface area contributed by atoms with Crippen LogP contribution < -0.4 is 15.5 Å². The van der Waals surface area contributed by atoms with Crippen molar-refractivity contribution in [3.63, 3.8) is 0 Å². The number of benzene rings is 1. The minimum atomic E-state index is 0.0325. The van der Waals surface area contributed by atoms with Gasteiger partial charge < -0.3 is 10.6 Å². The zero-order valence-corrected chi connectivity index (χ0v) is 9.83. The predicted octanol–water partition coefficient (Wildman–Crippen LogP) is 1.25. The van der Waals surface area contributed by atoms with E-state index in [2.05, 4.69) is 28.8 Å². The predicted molar refractivity (Wildman–Crippen MR) is 67.2 cm³/mol. The molecule has 90 valence electrons. The Hall–Kier alpha value is -1.55. The molecule has 0 spiro atoms. The van der Waals surface area contributed by atoms with Crippen molar-refractivity contribution >= 4 is 11.7 Å². The molecule has 2 aliphatic heterocycles. The second-order valence-corrected chi connectivity index (χ2v) is 4.62. The number of rotatable bonds is 1. The van der Waals surface area contributed by atoms with E-state index in [0.717, 1.165) is 44.7 Å². The second-order valence-electron chi connectivity index (χ2n) is 4.62. The van der Waals surface area contributed by atoms with Crippen molar-refractivity contribution in [1.82, 2.24) is 10.6 Å². The lowest BCUT2D eigenvalue weighted by Crippen LogP contribution is -2.46. The van der Waals surface area contributed by atoms with Crippen LogP contribution in [-0.2, 0) is 13.0 Å². The molecule has 0 aliphatic carbocycles. The maximum atomic E-state index is 11.8. The van der Waals surface area contributed by atoms with Gasteiger partial charge in [-0.15, -0.1) is 0 Å². The molecular formula is C13H17N3O. The van der Waals surface area contributed by atoms with Gasteiger partial charge in [-0.05, 0) is 42.6 Å². The topological polar surface area (TPSA) is 44.4 Å². The summed E-state index contributed by atoms with van der Waals surface area (Å²) in [6.07, 6.45) is 2.07. The van der Waals surface area contributed by atoms with E-state index in [1.165, 1.54) is 11.1 Å². The molecule has 1 aromatic rings. The SMILES string of the molecule is O=C1NCCCN1c1ccc2c(c1)CCNC2. The number of hydrogen-bond acceptors (Lipinski definition) is 2. The number of amides is 2. The first kappa shape index (κ1) is 10.6. The van der Waals surface area contributed by atoms with Gasteiger partial charge in [0, 0.05) is 25.3 Å². The number of carbonyl (C=O) groups excluding carboxylic acids is 1. The molecule has 1 saturated heterocycles. The fourth-order valence-electron chi connectivity index (χ4n) is 2.51. The summed E-state index contributed by atoms with van der Waals surface area (Å²) in [6, 6.07) is 6.39. The molecule has 4 nitrogen and oxygen atoms in total. The first-order valence-electron chi connectivity index (χ1n) is 6.22. The van der Waals surface area contributed by atoms with E-state index < -0.39 is 0 Å². The Balaban J connectivity index is 1.89. The largest absolute Gasteiger partial charge is 0.338 e. The maximum absolute atomic E-state index is 11.8. The van der Waals surface area contributed by atoms with Gasteiger partial charge in [0.25, 0.3) is 0 Å². The third-order valence-corrected chi connectivity index (χ3v) is 3.47. The van der Waals surface area contributed by atoms with E-state index in [9.17, 15) is 4.79 Å². The van der Waals surface area contributed by atoms with Crippen LogP contribution in [-0.4, -0.2) is 25.7 Å². The number of nitrogens with zero attached hydrogens (tertiary/aromatic N) is 1. The van der Waals surface area contributed by atoms with Crippen LogP contribution in [0.3, 0.4) is 0 Å². The van der Waals surface area contributed by atoms with Gasteiger partial charge >= 0.3 is 6.03 Å². The third-order valence-electron chi connectivity index (χ3n) is 3.47. The van der Waals surface area contributed by atoms with Crippen LogP contribution in [0, 0.1) is 0 Å². The van der Waals surface area contributed by atoms with Crippen LogP contribution in [0.5, 0.6) is 0 Å². The Morgan fingerprint density at radius 2 is 2.12 bits per heavy atom. The number of urea groups is 1. The fraction of sp³-hybridized carbons (Fsp3) is 0.462. The lowest BCUT2D eigenvalue weighted by atomic mass is 10.00. The van der Waals surface area contributed by atoms with E-state index >= 15 is 0 Å². The van der Waals surface area contributed by atoms with E-state index in [0.29, 0.717) is 0 Å². The average Bonchev–Trinajstić information content (AvgIpc) is 2.39. The van der Waals surface area contributed by atoms with E-state index in [1.807, 2.05) is 4.90 Å². The van der Waals surface area contributed by atoms with Crippen molar-refractivity contribution in [1.29, 1.82) is 0 Å². The Morgan fingerprint density at radius 3 is 3.00 bits per heavy atom. The van der Waals surface area contributed by atoms with Crippen molar-refractivity contribution in [2.24, 2.45) is 0 Å². The molecule has 1 fully saturated rings. The molecule has 0 radical (unpaired) electrons. The molecule has 2 heterocycles. The summed E-state index contributed by atoms with van der Waals surface area (Å²) in [5.74, 6) is 0. The van der Waals surface area contributed by atoms with Gasteiger partial charge in [-0.1, -0.05) is 6.07 Å². The molecule has 0 atom stereocenters. The van der Waals surface area contributed by atoms with Crippen molar-refractivity contribution in [3.8, 4) is 0 Å².